The van der Waals surface area contributed by atoms with Crippen LogP contribution in [0.5, 0.6) is 0 Å². The average Bonchev–Trinajstić information content (AvgIpc) is 3.11. The molecule has 166 valence electrons. The van der Waals surface area contributed by atoms with E-state index in [4.69, 9.17) is 0 Å². The van der Waals surface area contributed by atoms with Crippen LogP contribution >= 0.6 is 0 Å². The molecule has 0 radical (unpaired) electrons. The van der Waals surface area contributed by atoms with E-state index in [1.165, 1.54) is 4.90 Å². The summed E-state index contributed by atoms with van der Waals surface area (Å²) in [6.07, 6.45) is -2.53. The maximum atomic E-state index is 12.9. The number of alkyl halides is 3. The molecular weight excluding hydrogens is 391 g/mol. The van der Waals surface area contributed by atoms with Crippen molar-refractivity contribution in [2.75, 3.05) is 39.8 Å². The van der Waals surface area contributed by atoms with Crippen molar-refractivity contribution >= 4 is 12.2 Å². The molecule has 0 aromatic carbocycles. The van der Waals surface area contributed by atoms with Gasteiger partial charge in [-0.1, -0.05) is 13.3 Å². The van der Waals surface area contributed by atoms with Gasteiger partial charge in [0.05, 0.1) is 7.11 Å². The smallest absolute Gasteiger partial charge is 0.410 e. The van der Waals surface area contributed by atoms with Crippen LogP contribution in [0.4, 0.5) is 22.8 Å². The number of methoxy groups -OCH3 is 1. The zero-order chi connectivity index (χ0) is 21.4. The summed E-state index contributed by atoms with van der Waals surface area (Å²) in [7, 11) is 1.10. The first-order valence-electron chi connectivity index (χ1n) is 10.2. The number of rotatable bonds is 4. The van der Waals surface area contributed by atoms with Gasteiger partial charge in [0.25, 0.3) is 0 Å². The Morgan fingerprint density at radius 2 is 1.90 bits per heavy atom. The van der Waals surface area contributed by atoms with E-state index in [0.29, 0.717) is 51.0 Å². The second-order valence-electron chi connectivity index (χ2n) is 8.58. The van der Waals surface area contributed by atoms with E-state index < -0.39 is 30.9 Å². The van der Waals surface area contributed by atoms with E-state index in [9.17, 15) is 27.9 Å². The van der Waals surface area contributed by atoms with E-state index in [-0.39, 0.29) is 5.41 Å². The number of piperidine rings is 1. The molecule has 0 aromatic rings. The Bertz CT molecular complexity index is 624. The highest BCUT2D eigenvalue weighted by atomic mass is 19.4. The van der Waals surface area contributed by atoms with E-state index >= 15 is 0 Å². The van der Waals surface area contributed by atoms with Crippen molar-refractivity contribution in [3.8, 4) is 0 Å². The zero-order valence-corrected chi connectivity index (χ0v) is 17.0. The normalized spacial score (nSPS) is 31.0. The Morgan fingerprint density at radius 3 is 2.38 bits per heavy atom. The minimum absolute atomic E-state index is 0.0446. The third-order valence-electron chi connectivity index (χ3n) is 7.13. The Morgan fingerprint density at radius 1 is 1.24 bits per heavy atom. The topological polar surface area (TPSA) is 73.3 Å². The molecule has 2 amide bonds. The summed E-state index contributed by atoms with van der Waals surface area (Å²) in [5, 5.41) is 9.26. The fraction of sp³-hybridized carbons (Fsp3) is 0.895. The van der Waals surface area contributed by atoms with Crippen molar-refractivity contribution in [1.29, 1.82) is 0 Å². The van der Waals surface area contributed by atoms with Gasteiger partial charge in [-0.05, 0) is 37.0 Å². The summed E-state index contributed by atoms with van der Waals surface area (Å²) >= 11 is 0. The van der Waals surface area contributed by atoms with Gasteiger partial charge in [0.2, 0.25) is 0 Å². The number of likely N-dealkylation sites (tertiary alicyclic amines) is 2. The van der Waals surface area contributed by atoms with Gasteiger partial charge in [-0.3, -0.25) is 9.80 Å². The van der Waals surface area contributed by atoms with Crippen molar-refractivity contribution in [3.63, 3.8) is 0 Å². The second-order valence-corrected chi connectivity index (χ2v) is 8.58. The lowest BCUT2D eigenvalue weighted by atomic mass is 9.54. The first-order chi connectivity index (χ1) is 13.6. The molecule has 3 fully saturated rings. The lowest BCUT2D eigenvalue weighted by molar-refractivity contribution is -0.149. The van der Waals surface area contributed by atoms with Crippen LogP contribution < -0.4 is 0 Å². The van der Waals surface area contributed by atoms with Crippen molar-refractivity contribution in [3.05, 3.63) is 0 Å². The van der Waals surface area contributed by atoms with Gasteiger partial charge in [0, 0.05) is 38.3 Å². The summed E-state index contributed by atoms with van der Waals surface area (Å²) in [5.74, 6) is 0.398. The van der Waals surface area contributed by atoms with Gasteiger partial charge in [0.1, 0.15) is 6.54 Å². The molecular formula is C19H30F3N3O4. The van der Waals surface area contributed by atoms with Gasteiger partial charge in [-0.2, -0.15) is 13.2 Å². The molecule has 0 bridgehead atoms. The van der Waals surface area contributed by atoms with E-state index in [1.807, 2.05) is 0 Å². The molecule has 3 aliphatic rings. The summed E-state index contributed by atoms with van der Waals surface area (Å²) in [4.78, 5) is 27.8. The van der Waals surface area contributed by atoms with Crippen molar-refractivity contribution in [2.24, 2.45) is 11.3 Å². The molecule has 10 heteroatoms. The highest BCUT2D eigenvalue weighted by Gasteiger charge is 2.58. The molecule has 2 aliphatic heterocycles. The van der Waals surface area contributed by atoms with Gasteiger partial charge >= 0.3 is 18.4 Å². The van der Waals surface area contributed by atoms with E-state index in [2.05, 4.69) is 16.6 Å². The number of hydrogen-bond acceptors (Lipinski definition) is 4. The van der Waals surface area contributed by atoms with Crippen molar-refractivity contribution < 1.29 is 32.6 Å². The Labute approximate surface area is 168 Å². The zero-order valence-electron chi connectivity index (χ0n) is 17.0. The minimum Gasteiger partial charge on any atom is -0.465 e. The fourth-order valence-electron chi connectivity index (χ4n) is 5.76. The summed E-state index contributed by atoms with van der Waals surface area (Å²) in [6, 6.07) is -0.146. The molecule has 29 heavy (non-hydrogen) atoms. The second kappa shape index (κ2) is 8.20. The maximum absolute atomic E-state index is 12.9. The van der Waals surface area contributed by atoms with Gasteiger partial charge < -0.3 is 14.7 Å². The van der Waals surface area contributed by atoms with Crippen LogP contribution in [0.1, 0.15) is 39.0 Å². The number of ether oxygens (including phenoxy) is 1. The van der Waals surface area contributed by atoms with Crippen LogP contribution in [0.3, 0.4) is 0 Å². The van der Waals surface area contributed by atoms with Gasteiger partial charge in [0.15, 0.2) is 0 Å². The number of hydrogen-bond donors (Lipinski definition) is 1. The first kappa shape index (κ1) is 22.0. The highest BCUT2D eigenvalue weighted by molar-refractivity contribution is 5.68. The number of halogens is 3. The molecule has 2 heterocycles. The number of carboxylic acid groups (broad SMARTS) is 1. The van der Waals surface area contributed by atoms with Crippen molar-refractivity contribution in [2.45, 2.75) is 57.3 Å². The van der Waals surface area contributed by atoms with Crippen LogP contribution in [-0.4, -0.2) is 90.1 Å². The summed E-state index contributed by atoms with van der Waals surface area (Å²) in [5.41, 5.74) is 0.0446. The predicted molar refractivity (Wildman–Crippen MR) is 98.6 cm³/mol. The minimum atomic E-state index is -4.46. The average molecular weight is 421 g/mol. The first-order valence-corrected chi connectivity index (χ1v) is 10.2. The Hall–Kier alpha value is -1.71. The molecule has 3 rings (SSSR count). The van der Waals surface area contributed by atoms with Crippen molar-refractivity contribution in [1.82, 2.24) is 14.7 Å². The number of amides is 2. The number of carbonyl (C=O) groups is 2. The third-order valence-corrected chi connectivity index (χ3v) is 7.13. The molecule has 1 spiro atoms. The van der Waals surface area contributed by atoms with Crippen LogP contribution in [0, 0.1) is 11.3 Å². The third kappa shape index (κ3) is 4.41. The van der Waals surface area contributed by atoms with Crippen LogP contribution in [-0.2, 0) is 4.74 Å². The molecule has 1 saturated carbocycles. The SMILES string of the molecule is CCC1C(N2CCC(N(CC(F)(F)F)C(=O)OC)CC2)CC12CCN(C(=O)O)C2. The Balaban J connectivity index is 1.58. The van der Waals surface area contributed by atoms with Crippen LogP contribution in [0.2, 0.25) is 0 Å². The standard InChI is InChI=1S/C19H30F3N3O4/c1-3-14-15(10-18(14)6-9-24(11-18)16(26)27)23-7-4-13(5-8-23)25(17(28)29-2)12-19(20,21)22/h13-15H,3-12H2,1-2H3,(H,26,27). The molecule has 1 aliphatic carbocycles. The van der Waals surface area contributed by atoms with Crippen LogP contribution in [0.25, 0.3) is 0 Å². The molecule has 7 nitrogen and oxygen atoms in total. The van der Waals surface area contributed by atoms with E-state index in [0.717, 1.165) is 31.3 Å². The molecule has 0 aromatic heterocycles. The molecule has 3 atom stereocenters. The number of nitrogens with zero attached hydrogens (tertiary/aromatic N) is 3. The lowest BCUT2D eigenvalue weighted by Crippen LogP contribution is -2.62. The fourth-order valence-corrected chi connectivity index (χ4v) is 5.76. The number of carbonyl (C=O) groups excluding carboxylic acids is 1. The molecule has 1 N–H and O–H groups in total. The molecule has 3 unspecified atom stereocenters. The Kier molecular flexibility index (Phi) is 6.21. The van der Waals surface area contributed by atoms with Crippen LogP contribution in [0.15, 0.2) is 0 Å². The van der Waals surface area contributed by atoms with Gasteiger partial charge in [-0.15, -0.1) is 0 Å². The monoisotopic (exact) mass is 421 g/mol. The largest absolute Gasteiger partial charge is 0.465 e. The highest BCUT2D eigenvalue weighted by Crippen LogP contribution is 2.56. The maximum Gasteiger partial charge on any atom is 0.410 e. The quantitative estimate of drug-likeness (QED) is 0.755. The molecule has 2 saturated heterocycles. The lowest BCUT2D eigenvalue weighted by Gasteiger charge is -2.58. The predicted octanol–water partition coefficient (Wildman–Crippen LogP) is 3.25. The van der Waals surface area contributed by atoms with E-state index in [1.54, 1.807) is 0 Å². The summed E-state index contributed by atoms with van der Waals surface area (Å²) in [6.45, 7) is 3.25. The van der Waals surface area contributed by atoms with Gasteiger partial charge in [-0.25, -0.2) is 9.59 Å². The summed E-state index contributed by atoms with van der Waals surface area (Å²) < 4.78 is 43.2.